The molecule has 1 N–H and O–H groups in total. The molecule has 1 heterocycles. The van der Waals surface area contributed by atoms with Crippen LogP contribution in [-0.2, 0) is 10.8 Å². The number of nitrogens with one attached hydrogen (secondary N) is 1. The quantitative estimate of drug-likeness (QED) is 0.752. The zero-order valence-electron chi connectivity index (χ0n) is 14.1. The van der Waals surface area contributed by atoms with Crippen LogP contribution in [0.3, 0.4) is 0 Å². The zero-order valence-corrected chi connectivity index (χ0v) is 16.7. The molecule has 0 aliphatic carbocycles. The average Bonchev–Trinajstić information content (AvgIpc) is 2.36. The van der Waals surface area contributed by atoms with Crippen LogP contribution in [0.25, 0.3) is 0 Å². The third-order valence-corrected chi connectivity index (χ3v) is 10.3. The third-order valence-electron chi connectivity index (χ3n) is 5.01. The summed E-state index contributed by atoms with van der Waals surface area (Å²) in [5.74, 6) is 0. The van der Waals surface area contributed by atoms with Gasteiger partial charge in [0.25, 0.3) is 0 Å². The van der Waals surface area contributed by atoms with E-state index >= 15 is 0 Å². The lowest BCUT2D eigenvalue weighted by molar-refractivity contribution is 0.226. The van der Waals surface area contributed by atoms with Crippen molar-refractivity contribution in [1.82, 2.24) is 5.32 Å². The highest BCUT2D eigenvalue weighted by Gasteiger charge is 2.38. The zero-order chi connectivity index (χ0) is 15.8. The normalized spacial score (nSPS) is 23.0. The van der Waals surface area contributed by atoms with Gasteiger partial charge in [-0.3, -0.25) is 0 Å². The molecule has 2 rings (SSSR count). The van der Waals surface area contributed by atoms with E-state index in [0.717, 1.165) is 13.0 Å². The van der Waals surface area contributed by atoms with Crippen LogP contribution in [0.15, 0.2) is 22.7 Å². The molecule has 0 spiro atoms. The molecule has 118 valence electrons. The SMILES string of the molecule is CC1NC(CO[Si](C)(C)C(C)(C)C)Cc2c(Br)cccc21. The van der Waals surface area contributed by atoms with Crippen LogP contribution in [0, 0.1) is 0 Å². The fourth-order valence-corrected chi connectivity index (χ4v) is 4.17. The molecule has 0 radical (unpaired) electrons. The van der Waals surface area contributed by atoms with E-state index in [2.05, 4.69) is 80.2 Å². The molecular weight excluding hydrogens is 342 g/mol. The lowest BCUT2D eigenvalue weighted by Gasteiger charge is -2.39. The Labute approximate surface area is 138 Å². The Morgan fingerprint density at radius 2 is 2.00 bits per heavy atom. The highest BCUT2D eigenvalue weighted by molar-refractivity contribution is 9.10. The van der Waals surface area contributed by atoms with E-state index in [1.807, 2.05) is 0 Å². The van der Waals surface area contributed by atoms with E-state index in [1.54, 1.807) is 0 Å². The van der Waals surface area contributed by atoms with Crippen molar-refractivity contribution in [3.8, 4) is 0 Å². The van der Waals surface area contributed by atoms with E-state index in [0.29, 0.717) is 12.1 Å². The van der Waals surface area contributed by atoms with Crippen molar-refractivity contribution in [3.05, 3.63) is 33.8 Å². The third kappa shape index (κ3) is 3.78. The van der Waals surface area contributed by atoms with Gasteiger partial charge in [-0.05, 0) is 48.7 Å². The first kappa shape index (κ1) is 17.2. The molecule has 0 saturated heterocycles. The molecule has 4 heteroatoms. The van der Waals surface area contributed by atoms with Gasteiger partial charge in [-0.15, -0.1) is 0 Å². The number of benzene rings is 1. The minimum Gasteiger partial charge on any atom is -0.415 e. The summed E-state index contributed by atoms with van der Waals surface area (Å²) in [6.45, 7) is 14.6. The second-order valence-corrected chi connectivity index (χ2v) is 13.3. The minimum atomic E-state index is -1.67. The molecule has 2 atom stereocenters. The standard InChI is InChI=1S/C17H28BrNOSi/c1-12-14-8-7-9-16(18)15(14)10-13(19-12)11-20-21(5,6)17(2,3)4/h7-9,12-13,19H,10-11H2,1-6H3. The number of rotatable bonds is 3. The smallest absolute Gasteiger partial charge is 0.192 e. The first-order valence-electron chi connectivity index (χ1n) is 7.79. The van der Waals surface area contributed by atoms with Gasteiger partial charge in [0, 0.05) is 23.2 Å². The molecule has 0 amide bonds. The molecule has 1 aliphatic heterocycles. The van der Waals surface area contributed by atoms with Gasteiger partial charge in [0.05, 0.1) is 0 Å². The van der Waals surface area contributed by atoms with Gasteiger partial charge in [0.1, 0.15) is 0 Å². The van der Waals surface area contributed by atoms with Gasteiger partial charge < -0.3 is 9.74 Å². The first-order chi connectivity index (χ1) is 9.62. The molecule has 0 saturated carbocycles. The van der Waals surface area contributed by atoms with Crippen molar-refractivity contribution in [3.63, 3.8) is 0 Å². The molecule has 21 heavy (non-hydrogen) atoms. The predicted octanol–water partition coefficient (Wildman–Crippen LogP) is 5.05. The Morgan fingerprint density at radius 1 is 1.33 bits per heavy atom. The monoisotopic (exact) mass is 369 g/mol. The van der Waals surface area contributed by atoms with Gasteiger partial charge in [0.2, 0.25) is 0 Å². The summed E-state index contributed by atoms with van der Waals surface area (Å²) in [5, 5.41) is 3.97. The van der Waals surface area contributed by atoms with Crippen molar-refractivity contribution in [2.75, 3.05) is 6.61 Å². The van der Waals surface area contributed by atoms with Gasteiger partial charge in [-0.2, -0.15) is 0 Å². The van der Waals surface area contributed by atoms with Crippen molar-refractivity contribution >= 4 is 24.2 Å². The van der Waals surface area contributed by atoms with Gasteiger partial charge in [-0.25, -0.2) is 0 Å². The van der Waals surface area contributed by atoms with Crippen LogP contribution >= 0.6 is 15.9 Å². The largest absolute Gasteiger partial charge is 0.415 e. The van der Waals surface area contributed by atoms with Crippen molar-refractivity contribution in [2.45, 2.75) is 64.3 Å². The minimum absolute atomic E-state index is 0.270. The molecule has 1 aromatic carbocycles. The maximum atomic E-state index is 6.40. The molecule has 0 fully saturated rings. The van der Waals surface area contributed by atoms with E-state index in [-0.39, 0.29) is 5.04 Å². The van der Waals surface area contributed by atoms with E-state index in [4.69, 9.17) is 4.43 Å². The second kappa shape index (κ2) is 6.15. The molecule has 1 aromatic rings. The molecule has 2 unspecified atom stereocenters. The van der Waals surface area contributed by atoms with Crippen LogP contribution in [0.1, 0.15) is 44.9 Å². The summed E-state index contributed by atoms with van der Waals surface area (Å²) in [6.07, 6.45) is 1.04. The Balaban J connectivity index is 2.07. The van der Waals surface area contributed by atoms with Crippen LogP contribution < -0.4 is 5.32 Å². The predicted molar refractivity (Wildman–Crippen MR) is 96.3 cm³/mol. The Hall–Kier alpha value is -0.163. The van der Waals surface area contributed by atoms with Crippen molar-refractivity contribution in [1.29, 1.82) is 0 Å². The van der Waals surface area contributed by atoms with Gasteiger partial charge in [-0.1, -0.05) is 48.8 Å². The fourth-order valence-electron chi connectivity index (χ4n) is 2.58. The summed E-state index contributed by atoms with van der Waals surface area (Å²) in [4.78, 5) is 0. The first-order valence-corrected chi connectivity index (χ1v) is 11.5. The Kier molecular flexibility index (Phi) is 5.03. The van der Waals surface area contributed by atoms with Crippen LogP contribution in [0.4, 0.5) is 0 Å². The highest BCUT2D eigenvalue weighted by Crippen LogP contribution is 2.37. The number of hydrogen-bond donors (Lipinski definition) is 1. The average molecular weight is 370 g/mol. The van der Waals surface area contributed by atoms with Crippen molar-refractivity contribution in [2.24, 2.45) is 0 Å². The molecule has 1 aliphatic rings. The van der Waals surface area contributed by atoms with Gasteiger partial charge in [0.15, 0.2) is 8.32 Å². The van der Waals surface area contributed by atoms with Crippen molar-refractivity contribution < 1.29 is 4.43 Å². The number of fused-ring (bicyclic) bond motifs is 1. The van der Waals surface area contributed by atoms with Crippen LogP contribution in [-0.4, -0.2) is 21.0 Å². The summed E-state index contributed by atoms with van der Waals surface area (Å²) >= 11 is 3.70. The molecule has 2 nitrogen and oxygen atoms in total. The van der Waals surface area contributed by atoms with E-state index in [9.17, 15) is 0 Å². The summed E-state index contributed by atoms with van der Waals surface area (Å²) in [6, 6.07) is 7.28. The summed E-state index contributed by atoms with van der Waals surface area (Å²) in [5.41, 5.74) is 2.85. The highest BCUT2D eigenvalue weighted by atomic mass is 79.9. The summed E-state index contributed by atoms with van der Waals surface area (Å²) in [7, 11) is -1.67. The maximum absolute atomic E-state index is 6.40. The van der Waals surface area contributed by atoms with Crippen LogP contribution in [0.2, 0.25) is 18.1 Å². The second-order valence-electron chi connectivity index (χ2n) is 7.67. The maximum Gasteiger partial charge on any atom is 0.192 e. The number of halogens is 1. The lowest BCUT2D eigenvalue weighted by atomic mass is 9.91. The van der Waals surface area contributed by atoms with E-state index < -0.39 is 8.32 Å². The Morgan fingerprint density at radius 3 is 2.62 bits per heavy atom. The topological polar surface area (TPSA) is 21.3 Å². The van der Waals surface area contributed by atoms with E-state index in [1.165, 1.54) is 15.6 Å². The summed E-state index contributed by atoms with van der Waals surface area (Å²) < 4.78 is 7.63. The molecule has 0 aromatic heterocycles. The van der Waals surface area contributed by atoms with Gasteiger partial charge >= 0.3 is 0 Å². The molecular formula is C17H28BrNOSi. The molecule has 0 bridgehead atoms. The van der Waals surface area contributed by atoms with Crippen LogP contribution in [0.5, 0.6) is 0 Å². The Bertz CT molecular complexity index is 510. The fraction of sp³-hybridized carbons (Fsp3) is 0.647. The lowest BCUT2D eigenvalue weighted by Crippen LogP contribution is -2.47. The number of hydrogen-bond acceptors (Lipinski definition) is 2.